The Labute approximate surface area is 100 Å². The van der Waals surface area contributed by atoms with Gasteiger partial charge in [-0.1, -0.05) is 12.1 Å². The highest BCUT2D eigenvalue weighted by molar-refractivity contribution is 5.80. The lowest BCUT2D eigenvalue weighted by Gasteiger charge is -2.19. The normalized spacial score (nSPS) is 12.0. The van der Waals surface area contributed by atoms with Crippen LogP contribution in [0.15, 0.2) is 24.3 Å². The molecule has 1 aromatic carbocycles. The number of nitrogens with two attached hydrogens (primary N) is 1. The molecule has 0 heterocycles. The van der Waals surface area contributed by atoms with E-state index in [9.17, 15) is 9.18 Å². The maximum Gasteiger partial charge on any atom is 0.239 e. The van der Waals surface area contributed by atoms with Crippen LogP contribution in [0.4, 0.5) is 4.39 Å². The topological polar surface area (TPSA) is 55.6 Å². The summed E-state index contributed by atoms with van der Waals surface area (Å²) < 4.78 is 18.4. The van der Waals surface area contributed by atoms with Crippen LogP contribution in [0.25, 0.3) is 0 Å². The first-order valence-corrected chi connectivity index (χ1v) is 5.40. The van der Waals surface area contributed by atoms with Gasteiger partial charge in [0.2, 0.25) is 5.91 Å². The van der Waals surface area contributed by atoms with Gasteiger partial charge in [0, 0.05) is 7.05 Å². The van der Waals surface area contributed by atoms with Crippen LogP contribution >= 0.6 is 0 Å². The van der Waals surface area contributed by atoms with Crippen molar-refractivity contribution < 1.29 is 13.9 Å². The average Bonchev–Trinajstić information content (AvgIpc) is 2.30. The zero-order chi connectivity index (χ0) is 12.8. The first kappa shape index (κ1) is 13.4. The van der Waals surface area contributed by atoms with Gasteiger partial charge in [-0.15, -0.1) is 0 Å². The van der Waals surface area contributed by atoms with E-state index in [1.54, 1.807) is 32.2 Å². The molecule has 5 heteroatoms. The van der Waals surface area contributed by atoms with E-state index in [1.165, 1.54) is 11.0 Å². The predicted molar refractivity (Wildman–Crippen MR) is 63.2 cm³/mol. The molecule has 1 unspecified atom stereocenters. The SMILES string of the molecule is CC(N)C(=O)N(C)CCOc1ccccc1F. The van der Waals surface area contributed by atoms with Crippen LogP contribution in [0.5, 0.6) is 5.75 Å². The number of halogens is 1. The fraction of sp³-hybridized carbons (Fsp3) is 0.417. The van der Waals surface area contributed by atoms with E-state index in [0.717, 1.165) is 0 Å². The summed E-state index contributed by atoms with van der Waals surface area (Å²) in [7, 11) is 1.64. The summed E-state index contributed by atoms with van der Waals surface area (Å²) in [6.45, 7) is 2.22. The lowest BCUT2D eigenvalue weighted by Crippen LogP contribution is -2.41. The van der Waals surface area contributed by atoms with E-state index in [-0.39, 0.29) is 18.3 Å². The minimum Gasteiger partial charge on any atom is -0.489 e. The standard InChI is InChI=1S/C12H17FN2O2/c1-9(14)12(16)15(2)7-8-17-11-6-4-3-5-10(11)13/h3-6,9H,7-8,14H2,1-2H3. The second kappa shape index (κ2) is 6.20. The molecule has 1 aromatic rings. The van der Waals surface area contributed by atoms with Gasteiger partial charge >= 0.3 is 0 Å². The lowest BCUT2D eigenvalue weighted by atomic mass is 10.3. The summed E-state index contributed by atoms with van der Waals surface area (Å²) in [6, 6.07) is 5.62. The fourth-order valence-corrected chi connectivity index (χ4v) is 1.31. The number of nitrogens with zero attached hydrogens (tertiary/aromatic N) is 1. The summed E-state index contributed by atoms with van der Waals surface area (Å²) in [5, 5.41) is 0. The van der Waals surface area contributed by atoms with Gasteiger partial charge < -0.3 is 15.4 Å². The largest absolute Gasteiger partial charge is 0.489 e. The minimum absolute atomic E-state index is 0.165. The van der Waals surface area contributed by atoms with E-state index in [0.29, 0.717) is 6.54 Å². The van der Waals surface area contributed by atoms with Crippen molar-refractivity contribution in [3.8, 4) is 5.75 Å². The number of likely N-dealkylation sites (N-methyl/N-ethyl adjacent to an activating group) is 1. The van der Waals surface area contributed by atoms with Gasteiger partial charge in [0.25, 0.3) is 0 Å². The number of benzene rings is 1. The number of carbonyl (C=O) groups excluding carboxylic acids is 1. The number of hydrogen-bond donors (Lipinski definition) is 1. The number of ether oxygens (including phenoxy) is 1. The van der Waals surface area contributed by atoms with Crippen LogP contribution < -0.4 is 10.5 Å². The van der Waals surface area contributed by atoms with Crippen molar-refractivity contribution >= 4 is 5.91 Å². The second-order valence-electron chi connectivity index (χ2n) is 3.83. The lowest BCUT2D eigenvalue weighted by molar-refractivity contribution is -0.131. The number of rotatable bonds is 5. The fourth-order valence-electron chi connectivity index (χ4n) is 1.31. The zero-order valence-corrected chi connectivity index (χ0v) is 10.0. The van der Waals surface area contributed by atoms with Gasteiger partial charge in [-0.3, -0.25) is 4.79 Å². The molecule has 0 aliphatic heterocycles. The highest BCUT2D eigenvalue weighted by Gasteiger charge is 2.13. The molecule has 1 atom stereocenters. The molecular formula is C12H17FN2O2. The summed E-state index contributed by atoms with van der Waals surface area (Å²) in [5.74, 6) is -0.384. The third-order valence-corrected chi connectivity index (χ3v) is 2.29. The molecule has 0 saturated carbocycles. The van der Waals surface area contributed by atoms with E-state index >= 15 is 0 Å². The molecule has 2 N–H and O–H groups in total. The van der Waals surface area contributed by atoms with Gasteiger partial charge in [0.1, 0.15) is 6.61 Å². The maximum atomic E-state index is 13.2. The van der Waals surface area contributed by atoms with Crippen molar-refractivity contribution in [2.24, 2.45) is 5.73 Å². The van der Waals surface area contributed by atoms with Crippen LogP contribution in [0.1, 0.15) is 6.92 Å². The first-order valence-electron chi connectivity index (χ1n) is 5.40. The van der Waals surface area contributed by atoms with Crippen molar-refractivity contribution in [1.29, 1.82) is 0 Å². The Hall–Kier alpha value is -1.62. The molecule has 0 aliphatic rings. The van der Waals surface area contributed by atoms with Gasteiger partial charge in [0.05, 0.1) is 12.6 Å². The third kappa shape index (κ3) is 4.03. The van der Waals surface area contributed by atoms with E-state index in [2.05, 4.69) is 0 Å². The van der Waals surface area contributed by atoms with Crippen LogP contribution in [0.3, 0.4) is 0 Å². The van der Waals surface area contributed by atoms with Crippen LogP contribution in [0, 0.1) is 5.82 Å². The predicted octanol–water partition coefficient (Wildman–Crippen LogP) is 1.01. The molecule has 4 nitrogen and oxygen atoms in total. The molecule has 0 fully saturated rings. The van der Waals surface area contributed by atoms with Gasteiger partial charge in [-0.05, 0) is 19.1 Å². The maximum absolute atomic E-state index is 13.2. The Kier molecular flexibility index (Phi) is 4.90. The summed E-state index contributed by atoms with van der Waals surface area (Å²) in [5.41, 5.74) is 5.45. The number of carbonyl (C=O) groups is 1. The quantitative estimate of drug-likeness (QED) is 0.835. The van der Waals surface area contributed by atoms with Crippen molar-refractivity contribution in [3.05, 3.63) is 30.1 Å². The minimum atomic E-state index is -0.534. The summed E-state index contributed by atoms with van der Waals surface area (Å²) in [4.78, 5) is 12.9. The number of hydrogen-bond acceptors (Lipinski definition) is 3. The molecule has 0 radical (unpaired) electrons. The van der Waals surface area contributed by atoms with E-state index in [4.69, 9.17) is 10.5 Å². The van der Waals surface area contributed by atoms with Crippen molar-refractivity contribution in [3.63, 3.8) is 0 Å². The van der Waals surface area contributed by atoms with Gasteiger partial charge in [-0.2, -0.15) is 0 Å². The molecule has 17 heavy (non-hydrogen) atoms. The summed E-state index contributed by atoms with van der Waals surface area (Å²) in [6.07, 6.45) is 0. The molecule has 0 saturated heterocycles. The van der Waals surface area contributed by atoms with Crippen molar-refractivity contribution in [2.45, 2.75) is 13.0 Å². The molecule has 94 valence electrons. The molecule has 1 rings (SSSR count). The van der Waals surface area contributed by atoms with E-state index in [1.807, 2.05) is 0 Å². The first-order chi connectivity index (χ1) is 8.02. The second-order valence-corrected chi connectivity index (χ2v) is 3.83. The third-order valence-electron chi connectivity index (χ3n) is 2.29. The van der Waals surface area contributed by atoms with Crippen LogP contribution in [-0.2, 0) is 4.79 Å². The smallest absolute Gasteiger partial charge is 0.239 e. The molecule has 0 aromatic heterocycles. The Morgan fingerprint density at radius 3 is 2.76 bits per heavy atom. The Bertz CT molecular complexity index is 383. The van der Waals surface area contributed by atoms with Crippen molar-refractivity contribution in [1.82, 2.24) is 4.90 Å². The monoisotopic (exact) mass is 240 g/mol. The summed E-state index contributed by atoms with van der Waals surface area (Å²) >= 11 is 0. The van der Waals surface area contributed by atoms with Crippen molar-refractivity contribution in [2.75, 3.05) is 20.2 Å². The van der Waals surface area contributed by atoms with E-state index < -0.39 is 11.9 Å². The molecule has 0 spiro atoms. The Morgan fingerprint density at radius 2 is 2.18 bits per heavy atom. The molecule has 1 amide bonds. The highest BCUT2D eigenvalue weighted by atomic mass is 19.1. The molecular weight excluding hydrogens is 223 g/mol. The van der Waals surface area contributed by atoms with Crippen LogP contribution in [-0.4, -0.2) is 37.0 Å². The average molecular weight is 240 g/mol. The highest BCUT2D eigenvalue weighted by Crippen LogP contribution is 2.14. The Morgan fingerprint density at radius 1 is 1.53 bits per heavy atom. The molecule has 0 bridgehead atoms. The van der Waals surface area contributed by atoms with Gasteiger partial charge in [-0.25, -0.2) is 4.39 Å². The molecule has 0 aliphatic carbocycles. The zero-order valence-electron chi connectivity index (χ0n) is 10.0. The van der Waals surface area contributed by atoms with Crippen LogP contribution in [0.2, 0.25) is 0 Å². The number of para-hydroxylation sites is 1. The van der Waals surface area contributed by atoms with Gasteiger partial charge in [0.15, 0.2) is 11.6 Å². The number of amides is 1. The Balaban J connectivity index is 2.38.